The maximum Gasteiger partial charge on any atom is 0.237 e. The van der Waals surface area contributed by atoms with Gasteiger partial charge >= 0.3 is 0 Å². The van der Waals surface area contributed by atoms with E-state index in [2.05, 4.69) is 11.1 Å². The Labute approximate surface area is 165 Å². The lowest BCUT2D eigenvalue weighted by Crippen LogP contribution is -2.33. The van der Waals surface area contributed by atoms with Gasteiger partial charge in [-0.25, -0.2) is 9.37 Å². The smallest absolute Gasteiger partial charge is 0.237 e. The van der Waals surface area contributed by atoms with Crippen molar-refractivity contribution in [2.45, 2.75) is 10.8 Å². The standard InChI is InChI=1S/C20H16FN3OS2/c21-16-9-7-15(8-10-16)18-13-26-20(23-18)27-14-19(25)24(12-4-11-22)17-5-2-1-3-6-17/h1-3,5-10,13H,4,12,14H2. The number of thiazole rings is 1. The fourth-order valence-electron chi connectivity index (χ4n) is 2.45. The zero-order chi connectivity index (χ0) is 19.1. The zero-order valence-corrected chi connectivity index (χ0v) is 16.0. The number of carbonyl (C=O) groups excluding carboxylic acids is 1. The van der Waals surface area contributed by atoms with E-state index in [1.54, 1.807) is 17.0 Å². The van der Waals surface area contributed by atoms with Crippen molar-refractivity contribution in [1.29, 1.82) is 5.26 Å². The highest BCUT2D eigenvalue weighted by Crippen LogP contribution is 2.29. The van der Waals surface area contributed by atoms with Crippen molar-refractivity contribution in [3.05, 3.63) is 65.8 Å². The number of carbonyl (C=O) groups is 1. The highest BCUT2D eigenvalue weighted by atomic mass is 32.2. The molecular weight excluding hydrogens is 381 g/mol. The SMILES string of the molecule is N#CCCN(C(=O)CSc1nc(-c2ccc(F)cc2)cs1)c1ccccc1. The third-order valence-electron chi connectivity index (χ3n) is 3.76. The summed E-state index contributed by atoms with van der Waals surface area (Å²) in [5.41, 5.74) is 2.38. The summed E-state index contributed by atoms with van der Waals surface area (Å²) < 4.78 is 13.8. The number of para-hydroxylation sites is 1. The van der Waals surface area contributed by atoms with Crippen LogP contribution in [0.2, 0.25) is 0 Å². The summed E-state index contributed by atoms with van der Waals surface area (Å²) in [7, 11) is 0. The summed E-state index contributed by atoms with van der Waals surface area (Å²) in [6, 6.07) is 17.6. The second-order valence-corrected chi connectivity index (χ2v) is 7.66. The van der Waals surface area contributed by atoms with E-state index in [-0.39, 0.29) is 23.9 Å². The zero-order valence-electron chi connectivity index (χ0n) is 14.3. The largest absolute Gasteiger partial charge is 0.311 e. The molecule has 0 saturated heterocycles. The molecule has 0 bridgehead atoms. The molecule has 27 heavy (non-hydrogen) atoms. The molecule has 1 aromatic heterocycles. The van der Waals surface area contributed by atoms with Crippen molar-refractivity contribution < 1.29 is 9.18 Å². The van der Waals surface area contributed by atoms with Gasteiger partial charge in [-0.15, -0.1) is 11.3 Å². The minimum Gasteiger partial charge on any atom is -0.311 e. The van der Waals surface area contributed by atoms with Crippen LogP contribution in [0, 0.1) is 17.1 Å². The van der Waals surface area contributed by atoms with Gasteiger partial charge in [0, 0.05) is 23.2 Å². The van der Waals surface area contributed by atoms with E-state index in [1.165, 1.54) is 35.2 Å². The van der Waals surface area contributed by atoms with Crippen molar-refractivity contribution in [2.24, 2.45) is 0 Å². The van der Waals surface area contributed by atoms with Gasteiger partial charge in [0.05, 0.1) is 23.9 Å². The predicted octanol–water partition coefficient (Wildman–Crippen LogP) is 4.99. The van der Waals surface area contributed by atoms with Gasteiger partial charge in [-0.05, 0) is 36.4 Å². The Morgan fingerprint density at radius 3 is 2.63 bits per heavy atom. The first-order valence-corrected chi connectivity index (χ1v) is 10.1. The number of nitrogens with zero attached hydrogens (tertiary/aromatic N) is 3. The van der Waals surface area contributed by atoms with Crippen LogP contribution in [-0.4, -0.2) is 23.2 Å². The molecule has 7 heteroatoms. The normalized spacial score (nSPS) is 10.4. The Morgan fingerprint density at radius 1 is 1.19 bits per heavy atom. The molecule has 4 nitrogen and oxygen atoms in total. The van der Waals surface area contributed by atoms with Crippen LogP contribution in [0.4, 0.5) is 10.1 Å². The third kappa shape index (κ3) is 5.16. The number of rotatable bonds is 7. The Balaban J connectivity index is 1.65. The van der Waals surface area contributed by atoms with E-state index in [1.807, 2.05) is 35.7 Å². The van der Waals surface area contributed by atoms with Gasteiger partial charge in [-0.1, -0.05) is 30.0 Å². The monoisotopic (exact) mass is 397 g/mol. The maximum absolute atomic E-state index is 13.0. The second kappa shape index (κ2) is 9.31. The molecule has 1 heterocycles. The van der Waals surface area contributed by atoms with Crippen molar-refractivity contribution in [2.75, 3.05) is 17.2 Å². The molecule has 0 atom stereocenters. The van der Waals surface area contributed by atoms with Crippen LogP contribution in [0.25, 0.3) is 11.3 Å². The summed E-state index contributed by atoms with van der Waals surface area (Å²) >= 11 is 2.81. The molecule has 1 amide bonds. The van der Waals surface area contributed by atoms with Crippen LogP contribution in [0.15, 0.2) is 64.3 Å². The lowest BCUT2D eigenvalue weighted by molar-refractivity contribution is -0.116. The van der Waals surface area contributed by atoms with Crippen LogP contribution in [0.3, 0.4) is 0 Å². The number of hydrogen-bond acceptors (Lipinski definition) is 5. The number of nitriles is 1. The van der Waals surface area contributed by atoms with Gasteiger partial charge in [0.1, 0.15) is 5.82 Å². The van der Waals surface area contributed by atoms with Gasteiger partial charge in [-0.3, -0.25) is 4.79 Å². The third-order valence-corrected chi connectivity index (χ3v) is 5.76. The highest BCUT2D eigenvalue weighted by molar-refractivity contribution is 8.01. The topological polar surface area (TPSA) is 57.0 Å². The minimum absolute atomic E-state index is 0.0695. The highest BCUT2D eigenvalue weighted by Gasteiger charge is 2.16. The Morgan fingerprint density at radius 2 is 1.93 bits per heavy atom. The van der Waals surface area contributed by atoms with E-state index in [0.717, 1.165) is 21.3 Å². The number of benzene rings is 2. The summed E-state index contributed by atoms with van der Waals surface area (Å²) in [5.74, 6) is -0.121. The quantitative estimate of drug-likeness (QED) is 0.527. The second-order valence-electron chi connectivity index (χ2n) is 5.58. The molecular formula is C20H16FN3OS2. The molecule has 0 radical (unpaired) electrons. The van der Waals surface area contributed by atoms with Crippen molar-refractivity contribution >= 4 is 34.7 Å². The number of halogens is 1. The lowest BCUT2D eigenvalue weighted by Gasteiger charge is -2.21. The maximum atomic E-state index is 13.0. The number of thioether (sulfide) groups is 1. The predicted molar refractivity (Wildman–Crippen MR) is 107 cm³/mol. The van der Waals surface area contributed by atoms with E-state index in [0.29, 0.717) is 6.54 Å². The lowest BCUT2D eigenvalue weighted by atomic mass is 10.2. The molecule has 0 aliphatic rings. The number of hydrogen-bond donors (Lipinski definition) is 0. The fourth-order valence-corrected chi connectivity index (χ4v) is 4.16. The molecule has 3 rings (SSSR count). The summed E-state index contributed by atoms with van der Waals surface area (Å²) in [6.45, 7) is 0.360. The van der Waals surface area contributed by atoms with Gasteiger partial charge < -0.3 is 4.90 Å². The Bertz CT molecular complexity index is 936. The average Bonchev–Trinajstić information content (AvgIpc) is 3.17. The number of amides is 1. The molecule has 0 N–H and O–H groups in total. The number of anilines is 1. The minimum atomic E-state index is -0.285. The molecule has 0 aliphatic carbocycles. The van der Waals surface area contributed by atoms with Gasteiger partial charge in [0.2, 0.25) is 5.91 Å². The first-order chi connectivity index (χ1) is 13.2. The first-order valence-electron chi connectivity index (χ1n) is 8.24. The summed E-state index contributed by atoms with van der Waals surface area (Å²) in [6.07, 6.45) is 0.275. The van der Waals surface area contributed by atoms with Gasteiger partial charge in [0.25, 0.3) is 0 Å². The molecule has 136 valence electrons. The van der Waals surface area contributed by atoms with Gasteiger partial charge in [0.15, 0.2) is 4.34 Å². The molecule has 0 saturated carbocycles. The number of aromatic nitrogens is 1. The Kier molecular flexibility index (Phi) is 6.58. The van der Waals surface area contributed by atoms with E-state index in [9.17, 15) is 9.18 Å². The van der Waals surface area contributed by atoms with Crippen molar-refractivity contribution in [1.82, 2.24) is 4.98 Å². The van der Waals surface area contributed by atoms with Crippen molar-refractivity contribution in [3.8, 4) is 17.3 Å². The van der Waals surface area contributed by atoms with E-state index < -0.39 is 0 Å². The van der Waals surface area contributed by atoms with Gasteiger partial charge in [-0.2, -0.15) is 5.26 Å². The molecule has 0 aliphatic heterocycles. The van der Waals surface area contributed by atoms with Crippen LogP contribution in [0.1, 0.15) is 6.42 Å². The van der Waals surface area contributed by atoms with E-state index in [4.69, 9.17) is 5.26 Å². The van der Waals surface area contributed by atoms with Crippen molar-refractivity contribution in [3.63, 3.8) is 0 Å². The molecule has 0 fully saturated rings. The molecule has 3 aromatic rings. The molecule has 0 unspecified atom stereocenters. The molecule has 0 spiro atoms. The Hall–Kier alpha value is -2.69. The molecule has 2 aromatic carbocycles. The summed E-state index contributed by atoms with van der Waals surface area (Å²) in [4.78, 5) is 18.8. The van der Waals surface area contributed by atoms with Crippen LogP contribution < -0.4 is 4.90 Å². The van der Waals surface area contributed by atoms with Crippen LogP contribution >= 0.6 is 23.1 Å². The summed E-state index contributed by atoms with van der Waals surface area (Å²) in [5, 5.41) is 10.7. The fraction of sp³-hybridized carbons (Fsp3) is 0.150. The average molecular weight is 398 g/mol. The first kappa shape index (κ1) is 19.1. The van der Waals surface area contributed by atoms with Crippen LogP contribution in [-0.2, 0) is 4.79 Å². The van der Waals surface area contributed by atoms with Crippen LogP contribution in [0.5, 0.6) is 0 Å². The van der Waals surface area contributed by atoms with E-state index >= 15 is 0 Å².